The number of amides is 2. The number of hydrogen-bond donors (Lipinski definition) is 4. The Morgan fingerprint density at radius 2 is 2.03 bits per heavy atom. The van der Waals surface area contributed by atoms with Crippen molar-refractivity contribution >= 4 is 23.6 Å². The van der Waals surface area contributed by atoms with Gasteiger partial charge in [0.15, 0.2) is 0 Å². The average molecular weight is 428 g/mol. The fourth-order valence-electron chi connectivity index (χ4n) is 3.78. The molecule has 1 aliphatic rings. The van der Waals surface area contributed by atoms with Crippen LogP contribution in [0.3, 0.4) is 0 Å². The molecule has 10 nitrogen and oxygen atoms in total. The van der Waals surface area contributed by atoms with Crippen LogP contribution in [-0.2, 0) is 19.9 Å². The van der Waals surface area contributed by atoms with E-state index >= 15 is 0 Å². The average Bonchev–Trinajstić information content (AvgIpc) is 3.28. The van der Waals surface area contributed by atoms with Gasteiger partial charge >= 0.3 is 17.8 Å². The maximum atomic E-state index is 12.6. The Labute approximate surface area is 178 Å². The highest BCUT2D eigenvalue weighted by molar-refractivity contribution is 6.35. The molecule has 5 N–H and O–H groups in total. The van der Waals surface area contributed by atoms with Crippen molar-refractivity contribution in [1.82, 2.24) is 10.2 Å². The number of piperazine rings is 1. The van der Waals surface area contributed by atoms with Crippen molar-refractivity contribution in [2.24, 2.45) is 5.73 Å². The van der Waals surface area contributed by atoms with E-state index in [0.717, 1.165) is 0 Å². The molecule has 1 saturated heterocycles. The number of rotatable bonds is 10. The number of nitrogens with one attached hydrogen (secondary N) is 2. The molecule has 1 aromatic carbocycles. The van der Waals surface area contributed by atoms with Crippen LogP contribution in [0.15, 0.2) is 47.3 Å². The van der Waals surface area contributed by atoms with E-state index in [1.54, 1.807) is 30.3 Å². The minimum absolute atomic E-state index is 0.0413. The Morgan fingerprint density at radius 1 is 1.29 bits per heavy atom. The molecular formula is C21H24N4O6. The lowest BCUT2D eigenvalue weighted by molar-refractivity contribution is -0.157. The highest BCUT2D eigenvalue weighted by Crippen LogP contribution is 2.38. The number of nitrogen functional groups attached to an aromatic ring is 1. The van der Waals surface area contributed by atoms with Crippen molar-refractivity contribution in [2.75, 3.05) is 19.7 Å². The summed E-state index contributed by atoms with van der Waals surface area (Å²) in [6.45, 7) is 0.687. The second-order valence-electron chi connectivity index (χ2n) is 7.22. The van der Waals surface area contributed by atoms with Crippen LogP contribution in [0, 0.1) is 5.41 Å². The van der Waals surface area contributed by atoms with Crippen molar-refractivity contribution in [3.63, 3.8) is 0 Å². The quantitative estimate of drug-likeness (QED) is 0.190. The molecule has 0 aliphatic carbocycles. The molecule has 1 aliphatic heterocycles. The van der Waals surface area contributed by atoms with Crippen molar-refractivity contribution in [3.05, 3.63) is 54.0 Å². The van der Waals surface area contributed by atoms with Gasteiger partial charge in [0.1, 0.15) is 11.6 Å². The summed E-state index contributed by atoms with van der Waals surface area (Å²) in [5.74, 6) is -2.09. The molecule has 31 heavy (non-hydrogen) atoms. The van der Waals surface area contributed by atoms with E-state index in [4.69, 9.17) is 20.3 Å². The topological polar surface area (TPSA) is 159 Å². The zero-order valence-corrected chi connectivity index (χ0v) is 16.8. The molecule has 1 fully saturated rings. The van der Waals surface area contributed by atoms with Crippen LogP contribution in [-0.4, -0.2) is 53.3 Å². The second kappa shape index (κ2) is 9.33. The third-order valence-corrected chi connectivity index (χ3v) is 5.25. The van der Waals surface area contributed by atoms with E-state index < -0.39 is 23.3 Å². The van der Waals surface area contributed by atoms with Gasteiger partial charge in [-0.2, -0.15) is 0 Å². The summed E-state index contributed by atoms with van der Waals surface area (Å²) in [5, 5.41) is 19.5. The second-order valence-corrected chi connectivity index (χ2v) is 7.22. The van der Waals surface area contributed by atoms with Crippen LogP contribution in [0.5, 0.6) is 5.75 Å². The number of carbonyl (C=O) groups excluding carboxylic acids is 2. The van der Waals surface area contributed by atoms with Gasteiger partial charge in [0, 0.05) is 24.2 Å². The van der Waals surface area contributed by atoms with Crippen LogP contribution in [0.4, 0.5) is 0 Å². The zero-order chi connectivity index (χ0) is 22.4. The summed E-state index contributed by atoms with van der Waals surface area (Å²) in [6.07, 6.45) is 3.11. The molecule has 10 heteroatoms. The Hall–Kier alpha value is -3.82. The monoisotopic (exact) mass is 428 g/mol. The third-order valence-electron chi connectivity index (χ3n) is 5.25. The summed E-state index contributed by atoms with van der Waals surface area (Å²) < 4.78 is 10.9. The molecule has 0 spiro atoms. The largest absolute Gasteiger partial charge is 0.494 e. The van der Waals surface area contributed by atoms with E-state index in [1.807, 2.05) is 0 Å². The maximum Gasteiger partial charge on any atom is 0.312 e. The first-order chi connectivity index (χ1) is 14.8. The number of carbonyl (C=O) groups is 3. The summed E-state index contributed by atoms with van der Waals surface area (Å²) in [6, 6.07) is 8.33. The van der Waals surface area contributed by atoms with E-state index in [0.29, 0.717) is 23.3 Å². The molecule has 164 valence electrons. The lowest BCUT2D eigenvalue weighted by Gasteiger charge is -2.44. The van der Waals surface area contributed by atoms with Gasteiger partial charge in [-0.1, -0.05) is 0 Å². The number of nitrogens with two attached hydrogens (primary N) is 1. The Morgan fingerprint density at radius 3 is 2.65 bits per heavy atom. The number of amidine groups is 1. The predicted molar refractivity (Wildman–Crippen MR) is 110 cm³/mol. The summed E-state index contributed by atoms with van der Waals surface area (Å²) >= 11 is 0. The van der Waals surface area contributed by atoms with Gasteiger partial charge in [0.25, 0.3) is 0 Å². The first-order valence-corrected chi connectivity index (χ1v) is 9.75. The van der Waals surface area contributed by atoms with E-state index in [1.165, 1.54) is 17.4 Å². The minimum atomic E-state index is -1.24. The number of carboxylic acids is 1. The van der Waals surface area contributed by atoms with Gasteiger partial charge in [-0.05, 0) is 43.2 Å². The first kappa shape index (κ1) is 21.9. The van der Waals surface area contributed by atoms with Crippen LogP contribution in [0.2, 0.25) is 0 Å². The third kappa shape index (κ3) is 4.85. The standard InChI is InChI=1S/C21H24N4O6/c22-18(23)14-2-4-16(5-3-14)31-10-1-7-21(12-17(26)27,15-6-11-30-13-15)25-9-8-24-19(28)20(25)29/h2-6,11,13H,1,7-10,12H2,(H3,22,23)(H,24,28)(H,26,27). The summed E-state index contributed by atoms with van der Waals surface area (Å²) in [7, 11) is 0. The highest BCUT2D eigenvalue weighted by Gasteiger charge is 2.46. The molecular weight excluding hydrogens is 404 g/mol. The van der Waals surface area contributed by atoms with Crippen molar-refractivity contribution in [2.45, 2.75) is 24.8 Å². The molecule has 0 radical (unpaired) electrons. The Balaban J connectivity index is 1.77. The lowest BCUT2D eigenvalue weighted by Crippen LogP contribution is -2.60. The highest BCUT2D eigenvalue weighted by atomic mass is 16.5. The van der Waals surface area contributed by atoms with Crippen molar-refractivity contribution in [3.8, 4) is 5.75 Å². The molecule has 1 atom stereocenters. The van der Waals surface area contributed by atoms with Gasteiger partial charge in [-0.25, -0.2) is 0 Å². The molecule has 1 aromatic heterocycles. The molecule has 0 saturated carbocycles. The summed E-state index contributed by atoms with van der Waals surface area (Å²) in [5.41, 5.74) is 5.29. The van der Waals surface area contributed by atoms with Gasteiger partial charge in [0.2, 0.25) is 0 Å². The zero-order valence-electron chi connectivity index (χ0n) is 16.8. The van der Waals surface area contributed by atoms with Crippen LogP contribution in [0.25, 0.3) is 0 Å². The fraction of sp³-hybridized carbons (Fsp3) is 0.333. The number of furan rings is 1. The Kier molecular flexibility index (Phi) is 6.58. The minimum Gasteiger partial charge on any atom is -0.494 e. The van der Waals surface area contributed by atoms with Crippen LogP contribution < -0.4 is 15.8 Å². The molecule has 2 heterocycles. The van der Waals surface area contributed by atoms with Crippen molar-refractivity contribution in [1.29, 1.82) is 5.41 Å². The summed E-state index contributed by atoms with van der Waals surface area (Å²) in [4.78, 5) is 37.7. The molecule has 3 rings (SSSR count). The number of nitrogens with zero attached hydrogens (tertiary/aromatic N) is 1. The smallest absolute Gasteiger partial charge is 0.312 e. The fourth-order valence-corrected chi connectivity index (χ4v) is 3.78. The SMILES string of the molecule is N=C(N)c1ccc(OCCCC(CC(=O)O)(c2ccoc2)N2CCNC(=O)C2=O)cc1. The van der Waals surface area contributed by atoms with Gasteiger partial charge in [-0.3, -0.25) is 19.8 Å². The van der Waals surface area contributed by atoms with E-state index in [-0.39, 0.29) is 38.4 Å². The predicted octanol–water partition coefficient (Wildman–Crippen LogP) is 1.05. The number of carboxylic acid groups (broad SMARTS) is 1. The van der Waals surface area contributed by atoms with Gasteiger partial charge in [-0.15, -0.1) is 0 Å². The van der Waals surface area contributed by atoms with Crippen molar-refractivity contribution < 1.29 is 28.6 Å². The normalized spacial score (nSPS) is 15.8. The lowest BCUT2D eigenvalue weighted by atomic mass is 9.81. The number of aliphatic carboxylic acids is 1. The molecule has 2 aromatic rings. The van der Waals surface area contributed by atoms with E-state index in [9.17, 15) is 19.5 Å². The Bertz CT molecular complexity index is 957. The molecule has 1 unspecified atom stereocenters. The van der Waals surface area contributed by atoms with Gasteiger partial charge in [0.05, 0.1) is 31.1 Å². The number of hydrogen-bond acceptors (Lipinski definition) is 6. The first-order valence-electron chi connectivity index (χ1n) is 9.75. The van der Waals surface area contributed by atoms with Crippen LogP contribution in [0.1, 0.15) is 30.4 Å². The molecule has 2 amide bonds. The number of ether oxygens (including phenoxy) is 1. The number of benzene rings is 1. The van der Waals surface area contributed by atoms with Crippen LogP contribution >= 0.6 is 0 Å². The maximum absolute atomic E-state index is 12.6. The molecule has 0 bridgehead atoms. The van der Waals surface area contributed by atoms with Gasteiger partial charge < -0.3 is 30.2 Å². The van der Waals surface area contributed by atoms with E-state index in [2.05, 4.69) is 5.32 Å².